The molecule has 2 aliphatic heterocycles. The second kappa shape index (κ2) is 13.4. The summed E-state index contributed by atoms with van der Waals surface area (Å²) in [6.07, 6.45) is 14.0. The van der Waals surface area contributed by atoms with Gasteiger partial charge in [0.2, 0.25) is 5.91 Å². The van der Waals surface area contributed by atoms with Crippen LogP contribution in [0.5, 0.6) is 5.75 Å². The Hall–Kier alpha value is -2.67. The molecule has 2 atom stereocenters. The average Bonchev–Trinajstić information content (AvgIpc) is 3.50. The number of aryl methyl sites for hydroxylation is 1. The first-order valence-electron chi connectivity index (χ1n) is 14.6. The minimum absolute atomic E-state index is 0.0420. The lowest BCUT2D eigenvalue weighted by molar-refractivity contribution is -0.140. The number of methoxy groups -OCH3 is 1. The molecule has 2 aliphatic rings. The molecular formula is C31H44N2O5. The summed E-state index contributed by atoms with van der Waals surface area (Å²) in [6, 6.07) is 3.41. The lowest BCUT2D eigenvalue weighted by Crippen LogP contribution is -2.46. The number of carbonyl (C=O) groups is 3. The van der Waals surface area contributed by atoms with Crippen molar-refractivity contribution in [1.29, 1.82) is 0 Å². The van der Waals surface area contributed by atoms with Gasteiger partial charge in [0, 0.05) is 36.7 Å². The van der Waals surface area contributed by atoms with Gasteiger partial charge in [-0.3, -0.25) is 14.4 Å². The van der Waals surface area contributed by atoms with Gasteiger partial charge in [-0.2, -0.15) is 0 Å². The highest BCUT2D eigenvalue weighted by Gasteiger charge is 2.41. The number of ether oxygens (including phenoxy) is 2. The van der Waals surface area contributed by atoms with Crippen molar-refractivity contribution in [1.82, 2.24) is 9.47 Å². The molecule has 2 aromatic rings. The van der Waals surface area contributed by atoms with Crippen molar-refractivity contribution in [2.24, 2.45) is 0 Å². The second-order valence-corrected chi connectivity index (χ2v) is 10.9. The maximum Gasteiger partial charge on any atom is 0.243 e. The minimum Gasteiger partial charge on any atom is -0.497 e. The van der Waals surface area contributed by atoms with E-state index in [1.54, 1.807) is 25.1 Å². The van der Waals surface area contributed by atoms with Crippen LogP contribution in [-0.2, 0) is 27.3 Å². The molecule has 1 aromatic heterocycles. The summed E-state index contributed by atoms with van der Waals surface area (Å²) in [6.45, 7) is 4.64. The van der Waals surface area contributed by atoms with Crippen molar-refractivity contribution in [3.63, 3.8) is 0 Å². The predicted octanol–water partition coefficient (Wildman–Crippen LogP) is 5.88. The fraction of sp³-hybridized carbons (Fsp3) is 0.645. The minimum atomic E-state index is -0.535. The third-order valence-electron chi connectivity index (χ3n) is 8.21. The van der Waals surface area contributed by atoms with Crippen LogP contribution in [0.4, 0.5) is 0 Å². The fourth-order valence-electron chi connectivity index (χ4n) is 6.15. The van der Waals surface area contributed by atoms with Gasteiger partial charge in [-0.25, -0.2) is 0 Å². The molecule has 7 nitrogen and oxygen atoms in total. The molecule has 0 saturated carbocycles. The Balaban J connectivity index is 1.69. The zero-order valence-electron chi connectivity index (χ0n) is 23.4. The molecule has 0 spiro atoms. The first kappa shape index (κ1) is 28.3. The van der Waals surface area contributed by atoms with Crippen LogP contribution in [0.25, 0.3) is 10.9 Å². The van der Waals surface area contributed by atoms with Gasteiger partial charge in [-0.15, -0.1) is 0 Å². The number of rotatable bonds is 4. The summed E-state index contributed by atoms with van der Waals surface area (Å²) in [7, 11) is 1.64. The van der Waals surface area contributed by atoms with E-state index < -0.39 is 6.04 Å². The number of hydrogen-bond acceptors (Lipinski definition) is 5. The van der Waals surface area contributed by atoms with Gasteiger partial charge in [0.1, 0.15) is 18.3 Å². The topological polar surface area (TPSA) is 77.8 Å². The molecule has 38 heavy (non-hydrogen) atoms. The van der Waals surface area contributed by atoms with E-state index in [0.29, 0.717) is 31.6 Å². The summed E-state index contributed by atoms with van der Waals surface area (Å²) in [5.74, 6) is 0.627. The molecule has 2 bridgehead atoms. The van der Waals surface area contributed by atoms with Crippen molar-refractivity contribution < 1.29 is 23.9 Å². The highest BCUT2D eigenvalue weighted by atomic mass is 16.5. The Morgan fingerprint density at radius 1 is 1.03 bits per heavy atom. The molecular weight excluding hydrogens is 480 g/mol. The molecule has 4 rings (SSSR count). The smallest absolute Gasteiger partial charge is 0.243 e. The summed E-state index contributed by atoms with van der Waals surface area (Å²) >= 11 is 0. The van der Waals surface area contributed by atoms with E-state index in [-0.39, 0.29) is 30.1 Å². The summed E-state index contributed by atoms with van der Waals surface area (Å²) in [4.78, 5) is 41.0. The van der Waals surface area contributed by atoms with Crippen LogP contribution in [0.2, 0.25) is 0 Å². The molecule has 0 radical (unpaired) electrons. The molecule has 1 saturated heterocycles. The molecule has 1 aromatic carbocycles. The maximum atomic E-state index is 13.7. The Morgan fingerprint density at radius 2 is 1.71 bits per heavy atom. The first-order valence-corrected chi connectivity index (χ1v) is 14.6. The normalized spacial score (nSPS) is 22.4. The number of hydrogen-bond donors (Lipinski definition) is 0. The SMILES string of the molecule is CCC(=O)[C@@H]1[C@H]2CCN1C(=O)Cn1cc(C(C)=O)c3cc(OC)cc(c31)CCCCCCCCCCCO2. The molecule has 208 valence electrons. The monoisotopic (exact) mass is 524 g/mol. The van der Waals surface area contributed by atoms with E-state index in [1.807, 2.05) is 23.6 Å². The summed E-state index contributed by atoms with van der Waals surface area (Å²) in [5, 5.41) is 0.825. The lowest BCUT2D eigenvalue weighted by Gasteiger charge is -2.27. The lowest BCUT2D eigenvalue weighted by atomic mass is 10.0. The Kier molecular flexibility index (Phi) is 10.0. The van der Waals surface area contributed by atoms with E-state index in [2.05, 4.69) is 0 Å². The Morgan fingerprint density at radius 3 is 2.37 bits per heavy atom. The van der Waals surface area contributed by atoms with Crippen molar-refractivity contribution in [2.45, 2.75) is 110 Å². The number of fused-ring (bicyclic) bond motifs is 2. The standard InChI is InChI=1S/C31H44N2O5/c1-4-27(35)31-28-15-16-33(31)29(36)21-32-20-26(22(2)34)25-19-24(37-3)18-23(30(25)32)14-12-10-8-6-5-7-9-11-13-17-38-28/h18-20,28,31H,4-17,21H2,1-3H3/t28-,31-/m1/s1. The molecule has 7 heteroatoms. The van der Waals surface area contributed by atoms with Gasteiger partial charge in [0.05, 0.1) is 18.7 Å². The zero-order valence-corrected chi connectivity index (χ0v) is 23.4. The number of Topliss-reactive ketones (excluding diaryl/α,β-unsaturated/α-hetero) is 2. The average molecular weight is 525 g/mol. The van der Waals surface area contributed by atoms with Crippen molar-refractivity contribution in [3.05, 3.63) is 29.5 Å². The summed E-state index contributed by atoms with van der Waals surface area (Å²) in [5.41, 5.74) is 2.61. The molecule has 1 fully saturated rings. The molecule has 1 amide bonds. The van der Waals surface area contributed by atoms with Crippen LogP contribution < -0.4 is 4.74 Å². The van der Waals surface area contributed by atoms with Gasteiger partial charge in [0.15, 0.2) is 11.6 Å². The second-order valence-electron chi connectivity index (χ2n) is 10.9. The number of benzene rings is 1. The number of aromatic nitrogens is 1. The summed E-state index contributed by atoms with van der Waals surface area (Å²) < 4.78 is 13.7. The van der Waals surface area contributed by atoms with E-state index >= 15 is 0 Å². The van der Waals surface area contributed by atoms with Crippen LogP contribution in [0, 0.1) is 0 Å². The van der Waals surface area contributed by atoms with Gasteiger partial charge < -0.3 is 18.9 Å². The maximum absolute atomic E-state index is 13.7. The first-order chi connectivity index (χ1) is 18.4. The third-order valence-corrected chi connectivity index (χ3v) is 8.21. The highest BCUT2D eigenvalue weighted by molar-refractivity contribution is 6.08. The molecule has 3 heterocycles. The molecule has 0 aliphatic carbocycles. The fourth-order valence-corrected chi connectivity index (χ4v) is 6.15. The van der Waals surface area contributed by atoms with Gasteiger partial charge in [0.25, 0.3) is 0 Å². The largest absolute Gasteiger partial charge is 0.497 e. The van der Waals surface area contributed by atoms with Crippen LogP contribution >= 0.6 is 0 Å². The number of carbonyl (C=O) groups excluding carboxylic acids is 3. The van der Waals surface area contributed by atoms with Crippen LogP contribution in [0.3, 0.4) is 0 Å². The van der Waals surface area contributed by atoms with Gasteiger partial charge >= 0.3 is 0 Å². The number of ketones is 2. The quantitative estimate of drug-likeness (QED) is 0.467. The van der Waals surface area contributed by atoms with E-state index in [4.69, 9.17) is 9.47 Å². The number of amides is 1. The van der Waals surface area contributed by atoms with E-state index in [0.717, 1.165) is 54.3 Å². The Labute approximate surface area is 226 Å². The van der Waals surface area contributed by atoms with Crippen molar-refractivity contribution in [3.8, 4) is 5.75 Å². The predicted molar refractivity (Wildman–Crippen MR) is 149 cm³/mol. The van der Waals surface area contributed by atoms with Crippen molar-refractivity contribution in [2.75, 3.05) is 20.3 Å². The third kappa shape index (κ3) is 6.48. The van der Waals surface area contributed by atoms with Crippen LogP contribution in [-0.4, -0.2) is 59.3 Å². The van der Waals surface area contributed by atoms with Crippen LogP contribution in [0.1, 0.15) is 100 Å². The van der Waals surface area contributed by atoms with E-state index in [9.17, 15) is 14.4 Å². The van der Waals surface area contributed by atoms with Gasteiger partial charge in [-0.05, 0) is 50.3 Å². The number of nitrogens with zero attached hydrogens (tertiary/aromatic N) is 2. The van der Waals surface area contributed by atoms with Gasteiger partial charge in [-0.1, -0.05) is 51.9 Å². The van der Waals surface area contributed by atoms with Crippen LogP contribution in [0.15, 0.2) is 18.3 Å². The molecule has 0 unspecified atom stereocenters. The van der Waals surface area contributed by atoms with E-state index in [1.165, 1.54) is 32.1 Å². The zero-order chi connectivity index (χ0) is 27.1. The Bertz CT molecular complexity index is 1140. The highest BCUT2D eigenvalue weighted by Crippen LogP contribution is 2.32. The van der Waals surface area contributed by atoms with Crippen molar-refractivity contribution >= 4 is 28.4 Å². The molecule has 0 N–H and O–H groups in total.